The maximum atomic E-state index is 12.7. The zero-order valence-corrected chi connectivity index (χ0v) is 17.0. The van der Waals surface area contributed by atoms with E-state index in [9.17, 15) is 9.59 Å². The average Bonchev–Trinajstić information content (AvgIpc) is 3.08. The van der Waals surface area contributed by atoms with Gasteiger partial charge in [-0.3, -0.25) is 9.59 Å². The van der Waals surface area contributed by atoms with Crippen LogP contribution in [-0.4, -0.2) is 40.0 Å². The van der Waals surface area contributed by atoms with Gasteiger partial charge in [-0.15, -0.1) is 10.2 Å². The van der Waals surface area contributed by atoms with Gasteiger partial charge in [-0.1, -0.05) is 36.8 Å². The van der Waals surface area contributed by atoms with Crippen LogP contribution in [-0.2, 0) is 11.2 Å². The van der Waals surface area contributed by atoms with Gasteiger partial charge >= 0.3 is 0 Å². The molecule has 27 heavy (non-hydrogen) atoms. The summed E-state index contributed by atoms with van der Waals surface area (Å²) in [5, 5.41) is 13.1. The molecule has 0 unspecified atom stereocenters. The molecule has 1 fully saturated rings. The summed E-state index contributed by atoms with van der Waals surface area (Å²) in [6, 6.07) is 6.83. The highest BCUT2D eigenvalue weighted by atomic mass is 35.5. The van der Waals surface area contributed by atoms with Gasteiger partial charge in [0.1, 0.15) is 5.01 Å². The Kier molecular flexibility index (Phi) is 6.44. The molecule has 1 atom stereocenters. The fourth-order valence-electron chi connectivity index (χ4n) is 3.09. The van der Waals surface area contributed by atoms with Crippen LogP contribution in [0.2, 0.25) is 5.02 Å². The van der Waals surface area contributed by atoms with Crippen molar-refractivity contribution >= 4 is 39.9 Å². The highest BCUT2D eigenvalue weighted by Gasteiger charge is 2.29. The third-order valence-electron chi connectivity index (χ3n) is 4.45. The van der Waals surface area contributed by atoms with Crippen LogP contribution in [0.3, 0.4) is 0 Å². The lowest BCUT2D eigenvalue weighted by Gasteiger charge is -2.32. The van der Waals surface area contributed by atoms with Crippen molar-refractivity contribution in [3.63, 3.8) is 0 Å². The summed E-state index contributed by atoms with van der Waals surface area (Å²) in [5.74, 6) is 0.0786. The number of benzene rings is 1. The van der Waals surface area contributed by atoms with Gasteiger partial charge < -0.3 is 10.2 Å². The molecule has 1 aliphatic heterocycles. The number of nitrogens with one attached hydrogen (secondary N) is 1. The fourth-order valence-corrected chi connectivity index (χ4v) is 4.17. The molecule has 0 bridgehead atoms. The van der Waals surface area contributed by atoms with Crippen LogP contribution in [0.4, 0.5) is 5.13 Å². The highest BCUT2D eigenvalue weighted by Crippen LogP contribution is 2.23. The maximum Gasteiger partial charge on any atom is 0.253 e. The number of anilines is 1. The van der Waals surface area contributed by atoms with Gasteiger partial charge in [-0.2, -0.15) is 0 Å². The maximum absolute atomic E-state index is 12.7. The SMILES string of the molecule is CC(C)Cc1nnc(NC(=O)[C@H]2CCCN(C(=O)c3ccc(Cl)cc3)C2)s1. The number of likely N-dealkylation sites (tertiary alicyclic amines) is 1. The molecule has 144 valence electrons. The summed E-state index contributed by atoms with van der Waals surface area (Å²) in [5.41, 5.74) is 0.586. The molecule has 1 aliphatic rings. The van der Waals surface area contributed by atoms with Crippen molar-refractivity contribution in [2.75, 3.05) is 18.4 Å². The summed E-state index contributed by atoms with van der Waals surface area (Å²) in [6.07, 6.45) is 2.40. The molecule has 1 aromatic heterocycles. The lowest BCUT2D eigenvalue weighted by molar-refractivity contribution is -0.121. The number of hydrogen-bond acceptors (Lipinski definition) is 5. The molecule has 0 saturated carbocycles. The van der Waals surface area contributed by atoms with Gasteiger partial charge in [-0.25, -0.2) is 0 Å². The van der Waals surface area contributed by atoms with Crippen molar-refractivity contribution in [3.8, 4) is 0 Å². The first kappa shape index (κ1) is 19.8. The van der Waals surface area contributed by atoms with Crippen LogP contribution >= 0.6 is 22.9 Å². The Morgan fingerprint density at radius 2 is 2.04 bits per heavy atom. The Hall–Kier alpha value is -1.99. The minimum atomic E-state index is -0.243. The Morgan fingerprint density at radius 1 is 1.30 bits per heavy atom. The van der Waals surface area contributed by atoms with E-state index in [1.807, 2.05) is 0 Å². The highest BCUT2D eigenvalue weighted by molar-refractivity contribution is 7.15. The fraction of sp³-hybridized carbons (Fsp3) is 0.474. The van der Waals surface area contributed by atoms with E-state index in [-0.39, 0.29) is 17.7 Å². The van der Waals surface area contributed by atoms with Gasteiger partial charge in [0, 0.05) is 30.1 Å². The molecule has 1 N–H and O–H groups in total. The largest absolute Gasteiger partial charge is 0.338 e. The third kappa shape index (κ3) is 5.26. The number of carbonyl (C=O) groups is 2. The van der Waals surface area contributed by atoms with E-state index < -0.39 is 0 Å². The predicted octanol–water partition coefficient (Wildman–Crippen LogP) is 3.88. The molecule has 0 aliphatic carbocycles. The molecule has 1 aromatic carbocycles. The topological polar surface area (TPSA) is 75.2 Å². The van der Waals surface area contributed by atoms with E-state index in [1.54, 1.807) is 29.2 Å². The standard InChI is InChI=1S/C19H23ClN4O2S/c1-12(2)10-16-22-23-19(27-16)21-17(25)14-4-3-9-24(11-14)18(26)13-5-7-15(20)8-6-13/h5-8,12,14H,3-4,9-11H2,1-2H3,(H,21,23,25)/t14-/m0/s1. The number of aromatic nitrogens is 2. The first-order valence-electron chi connectivity index (χ1n) is 9.10. The van der Waals surface area contributed by atoms with Crippen LogP contribution in [0.25, 0.3) is 0 Å². The molecular weight excluding hydrogens is 384 g/mol. The van der Waals surface area contributed by atoms with Crippen molar-refractivity contribution in [1.29, 1.82) is 0 Å². The lowest BCUT2D eigenvalue weighted by atomic mass is 9.96. The normalized spacial score (nSPS) is 17.2. The summed E-state index contributed by atoms with van der Waals surface area (Å²) in [6.45, 7) is 5.30. The molecule has 6 nitrogen and oxygen atoms in total. The number of rotatable bonds is 5. The van der Waals surface area contributed by atoms with Gasteiger partial charge in [0.05, 0.1) is 5.92 Å². The molecule has 3 rings (SSSR count). The van der Waals surface area contributed by atoms with Crippen molar-refractivity contribution in [2.45, 2.75) is 33.1 Å². The molecule has 2 heterocycles. The second-order valence-electron chi connectivity index (χ2n) is 7.19. The van der Waals surface area contributed by atoms with E-state index in [4.69, 9.17) is 11.6 Å². The van der Waals surface area contributed by atoms with E-state index in [0.717, 1.165) is 24.3 Å². The van der Waals surface area contributed by atoms with Crippen LogP contribution < -0.4 is 5.32 Å². The van der Waals surface area contributed by atoms with Crippen molar-refractivity contribution in [1.82, 2.24) is 15.1 Å². The average molecular weight is 407 g/mol. The third-order valence-corrected chi connectivity index (χ3v) is 5.56. The number of nitrogens with zero attached hydrogens (tertiary/aromatic N) is 3. The van der Waals surface area contributed by atoms with Crippen LogP contribution in [0.5, 0.6) is 0 Å². The van der Waals surface area contributed by atoms with E-state index in [1.165, 1.54) is 11.3 Å². The summed E-state index contributed by atoms with van der Waals surface area (Å²) >= 11 is 7.30. The monoisotopic (exact) mass is 406 g/mol. The molecule has 0 radical (unpaired) electrons. The molecule has 1 saturated heterocycles. The van der Waals surface area contributed by atoms with Crippen molar-refractivity contribution in [2.24, 2.45) is 11.8 Å². The number of piperidine rings is 1. The minimum Gasteiger partial charge on any atom is -0.338 e. The number of halogens is 1. The lowest BCUT2D eigenvalue weighted by Crippen LogP contribution is -2.43. The van der Waals surface area contributed by atoms with Gasteiger partial charge in [-0.05, 0) is 43.0 Å². The molecule has 2 amide bonds. The van der Waals surface area contributed by atoms with Crippen molar-refractivity contribution in [3.05, 3.63) is 39.9 Å². The molecule has 2 aromatic rings. The molecule has 8 heteroatoms. The summed E-state index contributed by atoms with van der Waals surface area (Å²) < 4.78 is 0. The smallest absolute Gasteiger partial charge is 0.253 e. The van der Waals surface area contributed by atoms with E-state index in [2.05, 4.69) is 29.4 Å². The first-order valence-corrected chi connectivity index (χ1v) is 10.3. The zero-order valence-electron chi connectivity index (χ0n) is 15.4. The quantitative estimate of drug-likeness (QED) is 0.817. The van der Waals surface area contributed by atoms with Crippen LogP contribution in [0.15, 0.2) is 24.3 Å². The number of amides is 2. The van der Waals surface area contributed by atoms with Crippen LogP contribution in [0, 0.1) is 11.8 Å². The van der Waals surface area contributed by atoms with Gasteiger partial charge in [0.15, 0.2) is 0 Å². The summed E-state index contributed by atoms with van der Waals surface area (Å²) in [4.78, 5) is 27.0. The van der Waals surface area contributed by atoms with Crippen molar-refractivity contribution < 1.29 is 9.59 Å². The van der Waals surface area contributed by atoms with Gasteiger partial charge in [0.2, 0.25) is 11.0 Å². The Morgan fingerprint density at radius 3 is 2.74 bits per heavy atom. The Labute approximate surface area is 167 Å². The molecular formula is C19H23ClN4O2S. The second kappa shape index (κ2) is 8.80. The second-order valence-corrected chi connectivity index (χ2v) is 8.68. The van der Waals surface area contributed by atoms with Crippen LogP contribution in [0.1, 0.15) is 42.1 Å². The zero-order chi connectivity index (χ0) is 19.4. The predicted molar refractivity (Wildman–Crippen MR) is 107 cm³/mol. The van der Waals surface area contributed by atoms with Gasteiger partial charge in [0.25, 0.3) is 5.91 Å². The number of carbonyl (C=O) groups excluding carboxylic acids is 2. The number of hydrogen-bond donors (Lipinski definition) is 1. The first-order chi connectivity index (χ1) is 12.9. The minimum absolute atomic E-state index is 0.0701. The van der Waals surface area contributed by atoms with E-state index in [0.29, 0.717) is 34.7 Å². The molecule has 0 spiro atoms. The Bertz CT molecular complexity index is 806. The Balaban J connectivity index is 1.60. The van der Waals surface area contributed by atoms with E-state index >= 15 is 0 Å². The summed E-state index contributed by atoms with van der Waals surface area (Å²) in [7, 11) is 0.